The van der Waals surface area contributed by atoms with Crippen molar-refractivity contribution in [3.8, 4) is 11.5 Å². The molecule has 2 aromatic heterocycles. The Hall–Kier alpha value is -4.13. The van der Waals surface area contributed by atoms with Gasteiger partial charge in [0.25, 0.3) is 11.1 Å². The second-order valence-electron chi connectivity index (χ2n) is 12.0. The van der Waals surface area contributed by atoms with Crippen molar-refractivity contribution in [3.05, 3.63) is 67.1 Å². The van der Waals surface area contributed by atoms with Crippen LogP contribution in [0, 0.1) is 13.8 Å². The van der Waals surface area contributed by atoms with Crippen LogP contribution in [0.1, 0.15) is 17.4 Å². The van der Waals surface area contributed by atoms with E-state index in [1.54, 1.807) is 26.0 Å². The molecule has 24 nitrogen and oxygen atoms in total. The van der Waals surface area contributed by atoms with Gasteiger partial charge in [-0.1, -0.05) is 0 Å². The fraction of sp³-hybridized carbons (Fsp3) is 0.444. The topological polar surface area (TPSA) is 357 Å². The highest BCUT2D eigenvalue weighted by Gasteiger charge is 2.46. The Balaban J connectivity index is 1.07. The third-order valence-corrected chi connectivity index (χ3v) is 11.0. The minimum Gasteiger partial charge on any atom is -0.388 e. The number of nitrogens with one attached hydrogen (secondary N) is 2. The van der Waals surface area contributed by atoms with Crippen molar-refractivity contribution in [2.45, 2.75) is 63.2 Å². The van der Waals surface area contributed by atoms with Gasteiger partial charge in [-0.2, -0.15) is 9.29 Å². The standard InChI is InChI=1S/C27H32N8O16P2/c1-10-3-12-13(4-11(10)2)34(23-18(31-12)25(42)33-27(43)32-23)5-14(36)19(38)15(37)6-48-52(44,45)51-53(46,47)49-7-16-20(39)21(40)26(50-16)35-9-30-17-22(35)28-8-29-24(17)41/h3-4,8-9,14-16,19-21,26,36-40H,5-7H2,1-2H3,(H,44,45)(H,46,47)(H,28,29,41)(H,33,42,43). The van der Waals surface area contributed by atoms with Gasteiger partial charge in [0.05, 0.1) is 43.4 Å². The van der Waals surface area contributed by atoms with Crippen LogP contribution in [0.5, 0.6) is 0 Å². The van der Waals surface area contributed by atoms with E-state index in [2.05, 4.69) is 38.3 Å². The molecular formula is C27H32N8O16P2. The van der Waals surface area contributed by atoms with Gasteiger partial charge in [-0.3, -0.25) is 28.2 Å². The number of hydrogen-bond acceptors (Lipinski definition) is 18. The Bertz CT molecular complexity index is 2420. The van der Waals surface area contributed by atoms with Crippen LogP contribution in [-0.4, -0.2) is 124 Å². The highest BCUT2D eigenvalue weighted by atomic mass is 31.3. The van der Waals surface area contributed by atoms with E-state index < -0.39 is 95.1 Å². The summed E-state index contributed by atoms with van der Waals surface area (Å²) in [6.07, 6.45) is -10.3. The highest BCUT2D eigenvalue weighted by molar-refractivity contribution is 7.61. The molecule has 3 aromatic rings. The van der Waals surface area contributed by atoms with Crippen molar-refractivity contribution in [2.24, 2.45) is 0 Å². The molecule has 1 fully saturated rings. The summed E-state index contributed by atoms with van der Waals surface area (Å²) in [7, 11) is -11.1. The first-order chi connectivity index (χ1) is 24.9. The van der Waals surface area contributed by atoms with Gasteiger partial charge in [0.15, 0.2) is 28.9 Å². The number of phosphoric acid groups is 2. The van der Waals surface area contributed by atoms with Crippen molar-refractivity contribution in [2.75, 3.05) is 13.2 Å². The summed E-state index contributed by atoms with van der Waals surface area (Å²) in [5, 5.41) is 53.0. The predicted octanol–water partition coefficient (Wildman–Crippen LogP) is -2.71. The summed E-state index contributed by atoms with van der Waals surface area (Å²) in [5.41, 5.74) is -0.716. The fourth-order valence-electron chi connectivity index (χ4n) is 5.55. The van der Waals surface area contributed by atoms with Gasteiger partial charge in [0.2, 0.25) is 0 Å². The van der Waals surface area contributed by atoms with Crippen LogP contribution >= 0.6 is 15.6 Å². The number of aliphatic hydroxyl groups is 5. The SMILES string of the molecule is Cc1cc2nc3c(=O)[nH]c(=O)nc-3n(CC(O)C(O)C(O)COP(=O)(O)OP(=O)(O)OCC3OC(n4cnc5c(=O)[nH]cnc54)C(O)C3O)c2cc1C. The first kappa shape index (κ1) is 38.6. The first-order valence-electron chi connectivity index (χ1n) is 15.4. The number of ether oxygens (including phenoxy) is 1. The third kappa shape index (κ3) is 7.91. The lowest BCUT2D eigenvalue weighted by Gasteiger charge is -2.26. The zero-order valence-electron chi connectivity index (χ0n) is 27.4. The number of imidazole rings is 1. The van der Waals surface area contributed by atoms with Crippen molar-refractivity contribution in [3.63, 3.8) is 0 Å². The molecule has 9 unspecified atom stereocenters. The van der Waals surface area contributed by atoms with Crippen LogP contribution in [0.2, 0.25) is 0 Å². The molecular weight excluding hydrogens is 754 g/mol. The average molecular weight is 787 g/mol. The normalized spacial score (nSPS) is 23.3. The molecule has 3 aliphatic rings. The Kier molecular flexibility index (Phi) is 10.6. The minimum atomic E-state index is -5.56. The van der Waals surface area contributed by atoms with Crippen molar-refractivity contribution >= 4 is 37.8 Å². The molecule has 5 heterocycles. The predicted molar refractivity (Wildman–Crippen MR) is 175 cm³/mol. The summed E-state index contributed by atoms with van der Waals surface area (Å²) in [6.45, 7) is 0.738. The minimum absolute atomic E-state index is 0.0179. The van der Waals surface area contributed by atoms with Crippen LogP contribution in [0.25, 0.3) is 33.7 Å². The second kappa shape index (κ2) is 14.6. The average Bonchev–Trinajstić information content (AvgIpc) is 3.63. The van der Waals surface area contributed by atoms with Gasteiger partial charge in [0.1, 0.15) is 36.6 Å². The number of benzene rings is 1. The molecule has 0 saturated carbocycles. The van der Waals surface area contributed by atoms with E-state index in [4.69, 9.17) is 4.74 Å². The summed E-state index contributed by atoms with van der Waals surface area (Å²) in [5.74, 6) is -0.247. The van der Waals surface area contributed by atoms with Crippen LogP contribution in [0.15, 0.2) is 39.2 Å². The van der Waals surface area contributed by atoms with E-state index in [9.17, 15) is 58.8 Å². The lowest BCUT2D eigenvalue weighted by Crippen LogP contribution is -2.42. The van der Waals surface area contributed by atoms with E-state index in [0.717, 1.165) is 28.3 Å². The molecule has 3 aliphatic heterocycles. The summed E-state index contributed by atoms with van der Waals surface area (Å²) >= 11 is 0. The van der Waals surface area contributed by atoms with Gasteiger partial charge in [0, 0.05) is 0 Å². The quantitative estimate of drug-likeness (QED) is 0.0432. The first-order valence-corrected chi connectivity index (χ1v) is 18.4. The Morgan fingerprint density at radius 1 is 0.943 bits per heavy atom. The Morgan fingerprint density at radius 3 is 2.38 bits per heavy atom. The zero-order valence-corrected chi connectivity index (χ0v) is 29.1. The second-order valence-corrected chi connectivity index (χ2v) is 15.1. The number of aryl methyl sites for hydroxylation is 2. The number of hydrogen-bond donors (Lipinski definition) is 9. The summed E-state index contributed by atoms with van der Waals surface area (Å²) in [4.78, 5) is 76.8. The van der Waals surface area contributed by atoms with Crippen molar-refractivity contribution in [1.82, 2.24) is 39.0 Å². The monoisotopic (exact) mass is 786 g/mol. The zero-order chi connectivity index (χ0) is 38.6. The van der Waals surface area contributed by atoms with Gasteiger partial charge < -0.3 is 49.6 Å². The van der Waals surface area contributed by atoms with E-state index in [0.29, 0.717) is 5.52 Å². The number of H-pyrrole nitrogens is 2. The van der Waals surface area contributed by atoms with Gasteiger partial charge in [-0.15, -0.1) is 0 Å². The smallest absolute Gasteiger partial charge is 0.388 e. The molecule has 0 aliphatic carbocycles. The molecule has 53 heavy (non-hydrogen) atoms. The van der Waals surface area contributed by atoms with Crippen molar-refractivity contribution < 1.29 is 62.5 Å². The molecule has 6 rings (SSSR count). The number of nitrogens with zero attached hydrogens (tertiary/aromatic N) is 6. The largest absolute Gasteiger partial charge is 0.481 e. The maximum Gasteiger partial charge on any atom is 0.481 e. The number of phosphoric ester groups is 2. The van der Waals surface area contributed by atoms with Gasteiger partial charge in [-0.25, -0.2) is 28.9 Å². The summed E-state index contributed by atoms with van der Waals surface area (Å²) in [6, 6.07) is 3.28. The van der Waals surface area contributed by atoms with Gasteiger partial charge in [-0.05, 0) is 37.1 Å². The molecule has 9 N–H and O–H groups in total. The van der Waals surface area contributed by atoms with Gasteiger partial charge >= 0.3 is 21.3 Å². The molecule has 0 amide bonds. The van der Waals surface area contributed by atoms with Crippen molar-refractivity contribution in [1.29, 1.82) is 0 Å². The fourth-order valence-corrected chi connectivity index (χ4v) is 7.64. The van der Waals surface area contributed by atoms with E-state index in [1.165, 1.54) is 4.57 Å². The molecule has 0 radical (unpaired) electrons. The molecule has 1 aromatic carbocycles. The lowest BCUT2D eigenvalue weighted by atomic mass is 10.1. The van der Waals surface area contributed by atoms with E-state index in [1.807, 2.05) is 4.98 Å². The number of fused-ring (bicyclic) bond motifs is 3. The van der Waals surface area contributed by atoms with E-state index >= 15 is 0 Å². The maximum atomic E-state index is 12.5. The van der Waals surface area contributed by atoms with Crippen LogP contribution < -0.4 is 16.8 Å². The number of aliphatic hydroxyl groups excluding tert-OH is 5. The molecule has 26 heteroatoms. The molecule has 286 valence electrons. The molecule has 0 bridgehead atoms. The number of rotatable bonds is 13. The van der Waals surface area contributed by atoms with Crippen LogP contribution in [0.3, 0.4) is 0 Å². The van der Waals surface area contributed by atoms with E-state index in [-0.39, 0.29) is 28.2 Å². The Morgan fingerprint density at radius 2 is 1.64 bits per heavy atom. The van der Waals surface area contributed by atoms with Crippen LogP contribution in [-0.2, 0) is 33.8 Å². The highest BCUT2D eigenvalue weighted by Crippen LogP contribution is 2.60. The number of aromatic amines is 2. The number of aromatic nitrogens is 8. The maximum absolute atomic E-state index is 12.5. The molecule has 9 atom stereocenters. The molecule has 0 spiro atoms. The van der Waals surface area contributed by atoms with Crippen LogP contribution in [0.4, 0.5) is 0 Å². The third-order valence-electron chi connectivity index (χ3n) is 8.38. The Labute approximate surface area is 294 Å². The lowest BCUT2D eigenvalue weighted by molar-refractivity contribution is -0.0794. The summed E-state index contributed by atoms with van der Waals surface area (Å²) < 4.78 is 46.3. The molecule has 1 saturated heterocycles.